The molecular formula is C5H11LiO. The summed E-state index contributed by atoms with van der Waals surface area (Å²) in [7, 11) is 0. The summed E-state index contributed by atoms with van der Waals surface area (Å²) in [5, 5.41) is 0. The van der Waals surface area contributed by atoms with Crippen LogP contribution in [0, 0.1) is 7.43 Å². The molecule has 1 aliphatic heterocycles. The van der Waals surface area contributed by atoms with E-state index in [0.717, 1.165) is 13.2 Å². The van der Waals surface area contributed by atoms with E-state index >= 15 is 0 Å². The van der Waals surface area contributed by atoms with Gasteiger partial charge in [0, 0.05) is 13.2 Å². The molecule has 0 bridgehead atoms. The van der Waals surface area contributed by atoms with Crippen LogP contribution in [0.4, 0.5) is 0 Å². The quantitative estimate of drug-likeness (QED) is 0.255. The maximum atomic E-state index is 4.94. The Morgan fingerprint density at radius 1 is 1.00 bits per heavy atom. The molecule has 1 saturated heterocycles. The summed E-state index contributed by atoms with van der Waals surface area (Å²) in [6, 6.07) is 0. The van der Waals surface area contributed by atoms with Crippen molar-refractivity contribution in [3.8, 4) is 0 Å². The first-order valence-electron chi connectivity index (χ1n) is 2.08. The minimum Gasteiger partial charge on any atom is -0.381 e. The second-order valence-corrected chi connectivity index (χ2v) is 1.32. The molecular weight excluding hydrogens is 83.0 g/mol. The zero-order chi connectivity index (χ0) is 3.54. The molecule has 0 spiro atoms. The summed E-state index contributed by atoms with van der Waals surface area (Å²) in [5.41, 5.74) is 0. The third-order valence-electron chi connectivity index (χ3n) is 0.827. The van der Waals surface area contributed by atoms with Gasteiger partial charge in [-0.05, 0) is 12.8 Å². The Hall–Kier alpha value is 0.557. The van der Waals surface area contributed by atoms with E-state index < -0.39 is 0 Å². The van der Waals surface area contributed by atoms with Crippen LogP contribution in [-0.2, 0) is 4.74 Å². The van der Waals surface area contributed by atoms with E-state index in [1.807, 2.05) is 0 Å². The Labute approximate surface area is 57.6 Å². The third kappa shape index (κ3) is 4.41. The van der Waals surface area contributed by atoms with Gasteiger partial charge in [-0.3, -0.25) is 0 Å². The van der Waals surface area contributed by atoms with E-state index in [-0.39, 0.29) is 26.3 Å². The first-order chi connectivity index (χ1) is 2.50. The third-order valence-corrected chi connectivity index (χ3v) is 0.827. The van der Waals surface area contributed by atoms with Crippen LogP contribution >= 0.6 is 0 Å². The van der Waals surface area contributed by atoms with Crippen LogP contribution in [0.5, 0.6) is 0 Å². The van der Waals surface area contributed by atoms with Gasteiger partial charge in [-0.25, -0.2) is 0 Å². The average molecular weight is 94.1 g/mol. The smallest absolute Gasteiger partial charge is 0.381 e. The summed E-state index contributed by atoms with van der Waals surface area (Å²) in [4.78, 5) is 0. The van der Waals surface area contributed by atoms with Crippen molar-refractivity contribution in [1.29, 1.82) is 0 Å². The van der Waals surface area contributed by atoms with E-state index in [2.05, 4.69) is 0 Å². The maximum Gasteiger partial charge on any atom is 1.00 e. The van der Waals surface area contributed by atoms with Gasteiger partial charge in [0.2, 0.25) is 0 Å². The van der Waals surface area contributed by atoms with Crippen molar-refractivity contribution in [2.75, 3.05) is 13.2 Å². The Balaban J connectivity index is 0. The minimum absolute atomic E-state index is 0. The fraction of sp³-hybridized carbons (Fsp3) is 0.800. The summed E-state index contributed by atoms with van der Waals surface area (Å²) in [6.07, 6.45) is 2.56. The molecule has 38 valence electrons. The van der Waals surface area contributed by atoms with Gasteiger partial charge in [-0.2, -0.15) is 0 Å². The van der Waals surface area contributed by atoms with Gasteiger partial charge in [0.1, 0.15) is 0 Å². The van der Waals surface area contributed by atoms with Gasteiger partial charge in [0.15, 0.2) is 0 Å². The van der Waals surface area contributed by atoms with Gasteiger partial charge in [-0.1, -0.05) is 0 Å². The van der Waals surface area contributed by atoms with Gasteiger partial charge < -0.3 is 12.2 Å². The summed E-state index contributed by atoms with van der Waals surface area (Å²) >= 11 is 0. The van der Waals surface area contributed by atoms with Crippen LogP contribution in [0.2, 0.25) is 0 Å². The van der Waals surface area contributed by atoms with Crippen molar-refractivity contribution in [3.05, 3.63) is 7.43 Å². The molecule has 0 aromatic heterocycles. The molecule has 0 aromatic rings. The molecule has 1 fully saturated rings. The van der Waals surface area contributed by atoms with Crippen molar-refractivity contribution in [1.82, 2.24) is 0 Å². The Kier molecular flexibility index (Phi) is 9.86. The molecule has 2 heteroatoms. The summed E-state index contributed by atoms with van der Waals surface area (Å²) in [6.45, 7) is 2.00. The van der Waals surface area contributed by atoms with Crippen LogP contribution in [-0.4, -0.2) is 13.2 Å². The molecule has 0 atom stereocenters. The van der Waals surface area contributed by atoms with Crippen molar-refractivity contribution < 1.29 is 23.6 Å². The van der Waals surface area contributed by atoms with Crippen LogP contribution in [0.3, 0.4) is 0 Å². The SMILES string of the molecule is C1CCOC1.[CH3-].[Li+]. The fourth-order valence-electron chi connectivity index (χ4n) is 0.510. The second-order valence-electron chi connectivity index (χ2n) is 1.32. The maximum absolute atomic E-state index is 4.94. The first-order valence-corrected chi connectivity index (χ1v) is 2.08. The normalized spacial score (nSPS) is 17.1. The van der Waals surface area contributed by atoms with Crippen molar-refractivity contribution in [2.24, 2.45) is 0 Å². The first kappa shape index (κ1) is 10.5. The monoisotopic (exact) mass is 94.1 g/mol. The molecule has 0 amide bonds. The van der Waals surface area contributed by atoms with Crippen molar-refractivity contribution in [2.45, 2.75) is 12.8 Å². The number of rotatable bonds is 0. The van der Waals surface area contributed by atoms with Gasteiger partial charge in [-0.15, -0.1) is 0 Å². The van der Waals surface area contributed by atoms with E-state index in [0.29, 0.717) is 0 Å². The zero-order valence-electron chi connectivity index (χ0n) is 5.24. The number of hydrogen-bond acceptors (Lipinski definition) is 1. The van der Waals surface area contributed by atoms with E-state index in [4.69, 9.17) is 4.74 Å². The second kappa shape index (κ2) is 6.56. The minimum atomic E-state index is 0. The molecule has 0 N–H and O–H groups in total. The van der Waals surface area contributed by atoms with Gasteiger partial charge in [0.25, 0.3) is 0 Å². The topological polar surface area (TPSA) is 9.23 Å². The number of hydrogen-bond donors (Lipinski definition) is 0. The van der Waals surface area contributed by atoms with E-state index in [9.17, 15) is 0 Å². The molecule has 1 heterocycles. The fourth-order valence-corrected chi connectivity index (χ4v) is 0.510. The van der Waals surface area contributed by atoms with Crippen LogP contribution in [0.15, 0.2) is 0 Å². The molecule has 0 aliphatic carbocycles. The molecule has 0 aromatic carbocycles. The molecule has 0 radical (unpaired) electrons. The van der Waals surface area contributed by atoms with Crippen molar-refractivity contribution in [3.63, 3.8) is 0 Å². The molecule has 0 unspecified atom stereocenters. The molecule has 0 saturated carbocycles. The largest absolute Gasteiger partial charge is 1.00 e. The van der Waals surface area contributed by atoms with Crippen molar-refractivity contribution >= 4 is 0 Å². The Bertz CT molecular complexity index is 19.7. The molecule has 1 nitrogen and oxygen atoms in total. The van der Waals surface area contributed by atoms with E-state index in [1.54, 1.807) is 0 Å². The van der Waals surface area contributed by atoms with E-state index in [1.165, 1.54) is 12.8 Å². The number of ether oxygens (including phenoxy) is 1. The standard InChI is InChI=1S/C4H8O.CH3.Li/c1-2-4-5-3-1;;/h1-4H2;1H3;/q;-1;+1. The van der Waals surface area contributed by atoms with Gasteiger partial charge in [0.05, 0.1) is 0 Å². The zero-order valence-corrected chi connectivity index (χ0v) is 5.24. The Morgan fingerprint density at radius 2 is 1.43 bits per heavy atom. The molecule has 1 aliphatic rings. The molecule has 1 rings (SSSR count). The van der Waals surface area contributed by atoms with Crippen LogP contribution in [0.25, 0.3) is 0 Å². The Morgan fingerprint density at radius 3 is 1.57 bits per heavy atom. The predicted molar refractivity (Wildman–Crippen MR) is 26.5 cm³/mol. The summed E-state index contributed by atoms with van der Waals surface area (Å²) < 4.78 is 4.94. The summed E-state index contributed by atoms with van der Waals surface area (Å²) in [5.74, 6) is 0. The predicted octanol–water partition coefficient (Wildman–Crippen LogP) is -1.75. The van der Waals surface area contributed by atoms with Crippen LogP contribution < -0.4 is 18.9 Å². The van der Waals surface area contributed by atoms with Crippen LogP contribution in [0.1, 0.15) is 12.8 Å². The molecule has 7 heavy (non-hydrogen) atoms. The van der Waals surface area contributed by atoms with Gasteiger partial charge >= 0.3 is 18.9 Å². The average Bonchev–Trinajstić information content (AvgIpc) is 1.76.